The van der Waals surface area contributed by atoms with Gasteiger partial charge in [0.1, 0.15) is 11.3 Å². The Labute approximate surface area is 152 Å². The number of carbonyl (C=O) groups is 1. The van der Waals surface area contributed by atoms with Crippen LogP contribution in [0.15, 0.2) is 42.6 Å². The molecule has 0 spiro atoms. The van der Waals surface area contributed by atoms with E-state index in [-0.39, 0.29) is 11.9 Å². The van der Waals surface area contributed by atoms with E-state index in [0.717, 1.165) is 42.1 Å². The first-order valence-electron chi connectivity index (χ1n) is 9.08. The molecule has 2 amide bonds. The van der Waals surface area contributed by atoms with E-state index in [1.54, 1.807) is 6.20 Å². The molecule has 26 heavy (non-hydrogen) atoms. The number of fused-ring (bicyclic) bond motifs is 1. The first-order chi connectivity index (χ1) is 12.7. The zero-order valence-electron chi connectivity index (χ0n) is 15.1. The van der Waals surface area contributed by atoms with Gasteiger partial charge in [0.2, 0.25) is 0 Å². The molecule has 2 aromatic heterocycles. The molecule has 0 bridgehead atoms. The molecule has 0 saturated carbocycles. The van der Waals surface area contributed by atoms with E-state index in [1.165, 1.54) is 5.56 Å². The van der Waals surface area contributed by atoms with Gasteiger partial charge in [0, 0.05) is 37.9 Å². The lowest BCUT2D eigenvalue weighted by atomic mass is 10.1. The molecule has 1 saturated heterocycles. The Kier molecular flexibility index (Phi) is 4.32. The number of nitrogens with zero attached hydrogens (tertiary/aromatic N) is 4. The fourth-order valence-corrected chi connectivity index (χ4v) is 3.63. The minimum absolute atomic E-state index is 0.0438. The molecule has 3 aromatic rings. The third-order valence-corrected chi connectivity index (χ3v) is 5.09. The van der Waals surface area contributed by atoms with E-state index in [4.69, 9.17) is 4.98 Å². The maximum absolute atomic E-state index is 12.6. The normalized spacial score (nSPS) is 17.0. The van der Waals surface area contributed by atoms with Crippen molar-refractivity contribution in [3.05, 3.63) is 54.0 Å². The first kappa shape index (κ1) is 16.6. The fourth-order valence-electron chi connectivity index (χ4n) is 3.63. The maximum Gasteiger partial charge on any atom is 0.321 e. The van der Waals surface area contributed by atoms with Crippen molar-refractivity contribution < 1.29 is 4.79 Å². The predicted octanol–water partition coefficient (Wildman–Crippen LogP) is 3.55. The Balaban J connectivity index is 1.47. The highest BCUT2D eigenvalue weighted by molar-refractivity contribution is 5.89. The van der Waals surface area contributed by atoms with Crippen molar-refractivity contribution >= 4 is 22.9 Å². The molecule has 134 valence electrons. The first-order valence-corrected chi connectivity index (χ1v) is 9.08. The fraction of sp³-hybridized carbons (Fsp3) is 0.350. The van der Waals surface area contributed by atoms with Gasteiger partial charge >= 0.3 is 6.03 Å². The lowest BCUT2D eigenvalue weighted by molar-refractivity contribution is 0.222. The summed E-state index contributed by atoms with van der Waals surface area (Å²) in [5, 5.41) is 3.02. The number of amides is 2. The van der Waals surface area contributed by atoms with Crippen LogP contribution in [0.5, 0.6) is 0 Å². The summed E-state index contributed by atoms with van der Waals surface area (Å²) in [6.45, 7) is 3.52. The lowest BCUT2D eigenvalue weighted by Gasteiger charge is -2.17. The average Bonchev–Trinajstić information content (AvgIpc) is 3.27. The molecule has 1 fully saturated rings. The lowest BCUT2D eigenvalue weighted by Crippen LogP contribution is -2.33. The number of imidazole rings is 1. The van der Waals surface area contributed by atoms with Crippen LogP contribution < -0.4 is 5.32 Å². The van der Waals surface area contributed by atoms with Crippen LogP contribution in [0.25, 0.3) is 11.2 Å². The number of likely N-dealkylation sites (tertiary alicyclic amines) is 1. The van der Waals surface area contributed by atoms with Crippen LogP contribution in [0.4, 0.5) is 10.5 Å². The number of aromatic nitrogens is 3. The van der Waals surface area contributed by atoms with Crippen LogP contribution in [0, 0.1) is 0 Å². The van der Waals surface area contributed by atoms with Gasteiger partial charge in [0.15, 0.2) is 5.65 Å². The van der Waals surface area contributed by atoms with E-state index in [9.17, 15) is 4.79 Å². The van der Waals surface area contributed by atoms with Crippen LogP contribution in [0.2, 0.25) is 0 Å². The molecular weight excluding hydrogens is 326 g/mol. The van der Waals surface area contributed by atoms with Gasteiger partial charge in [-0.3, -0.25) is 0 Å². The highest BCUT2D eigenvalue weighted by atomic mass is 16.2. The predicted molar refractivity (Wildman–Crippen MR) is 102 cm³/mol. The van der Waals surface area contributed by atoms with Crippen molar-refractivity contribution in [3.8, 4) is 0 Å². The molecule has 1 N–H and O–H groups in total. The number of pyridine rings is 1. The van der Waals surface area contributed by atoms with Crippen molar-refractivity contribution in [2.24, 2.45) is 7.05 Å². The van der Waals surface area contributed by atoms with Gasteiger partial charge in [-0.05, 0) is 42.7 Å². The van der Waals surface area contributed by atoms with Gasteiger partial charge in [-0.2, -0.15) is 0 Å². The molecule has 1 aliphatic rings. The Morgan fingerprint density at radius 1 is 1.31 bits per heavy atom. The van der Waals surface area contributed by atoms with Crippen molar-refractivity contribution in [1.29, 1.82) is 0 Å². The molecule has 0 aliphatic carbocycles. The second-order valence-corrected chi connectivity index (χ2v) is 6.79. The third kappa shape index (κ3) is 3.03. The molecule has 4 rings (SSSR count). The minimum Gasteiger partial charge on any atom is -0.324 e. The Morgan fingerprint density at radius 3 is 3.00 bits per heavy atom. The Hall–Kier alpha value is -2.89. The van der Waals surface area contributed by atoms with Crippen LogP contribution in [-0.2, 0) is 13.5 Å². The molecule has 6 heteroatoms. The monoisotopic (exact) mass is 349 g/mol. The molecule has 6 nitrogen and oxygen atoms in total. The zero-order chi connectivity index (χ0) is 18.1. The number of urea groups is 1. The molecular formula is C20H23N5O. The smallest absolute Gasteiger partial charge is 0.321 e. The topological polar surface area (TPSA) is 63.1 Å². The number of rotatable bonds is 3. The van der Waals surface area contributed by atoms with Crippen molar-refractivity contribution in [2.45, 2.75) is 25.7 Å². The summed E-state index contributed by atoms with van der Waals surface area (Å²) in [6.07, 6.45) is 3.66. The summed E-state index contributed by atoms with van der Waals surface area (Å²) >= 11 is 0. The Morgan fingerprint density at radius 2 is 2.19 bits per heavy atom. The second-order valence-electron chi connectivity index (χ2n) is 6.79. The number of aryl methyl sites for hydroxylation is 2. The zero-order valence-corrected chi connectivity index (χ0v) is 15.1. The summed E-state index contributed by atoms with van der Waals surface area (Å²) in [5.74, 6) is 1.24. The van der Waals surface area contributed by atoms with E-state index >= 15 is 0 Å². The summed E-state index contributed by atoms with van der Waals surface area (Å²) in [5.41, 5.74) is 3.87. The van der Waals surface area contributed by atoms with Crippen molar-refractivity contribution in [3.63, 3.8) is 0 Å². The molecule has 1 aliphatic heterocycles. The van der Waals surface area contributed by atoms with E-state index < -0.39 is 0 Å². The summed E-state index contributed by atoms with van der Waals surface area (Å²) in [4.78, 5) is 23.6. The Bertz CT molecular complexity index is 948. The van der Waals surface area contributed by atoms with E-state index in [1.807, 2.05) is 46.8 Å². The molecule has 0 radical (unpaired) electrons. The van der Waals surface area contributed by atoms with Crippen LogP contribution in [-0.4, -0.2) is 38.6 Å². The van der Waals surface area contributed by atoms with Gasteiger partial charge < -0.3 is 14.8 Å². The standard InChI is InChI=1S/C20H23N5O/c1-3-14-6-4-7-16(12-14)22-20(26)25-11-9-15(13-25)18-23-17-8-5-10-21-19(17)24(18)2/h4-8,10,12,15H,3,9,11,13H2,1-2H3,(H,22,26)/t15-/m0/s1. The van der Waals surface area contributed by atoms with Gasteiger partial charge in [-0.15, -0.1) is 0 Å². The highest BCUT2D eigenvalue weighted by Gasteiger charge is 2.30. The minimum atomic E-state index is -0.0438. The number of hydrogen-bond donors (Lipinski definition) is 1. The summed E-state index contributed by atoms with van der Waals surface area (Å²) in [7, 11) is 2.00. The van der Waals surface area contributed by atoms with Gasteiger partial charge in [0.25, 0.3) is 0 Å². The van der Waals surface area contributed by atoms with Gasteiger partial charge in [0.05, 0.1) is 0 Å². The van der Waals surface area contributed by atoms with Crippen LogP contribution in [0.1, 0.15) is 30.7 Å². The molecule has 0 unspecified atom stereocenters. The van der Waals surface area contributed by atoms with Gasteiger partial charge in [-0.1, -0.05) is 19.1 Å². The highest BCUT2D eigenvalue weighted by Crippen LogP contribution is 2.28. The quantitative estimate of drug-likeness (QED) is 0.786. The van der Waals surface area contributed by atoms with E-state index in [2.05, 4.69) is 23.3 Å². The van der Waals surface area contributed by atoms with E-state index in [0.29, 0.717) is 6.54 Å². The average molecular weight is 349 g/mol. The molecule has 3 heterocycles. The summed E-state index contributed by atoms with van der Waals surface area (Å²) in [6, 6.07) is 11.8. The SMILES string of the molecule is CCc1cccc(NC(=O)N2CC[C@H](c3nc4cccnc4n3C)C2)c1. The number of hydrogen-bond acceptors (Lipinski definition) is 3. The van der Waals surface area contributed by atoms with Crippen molar-refractivity contribution in [1.82, 2.24) is 19.4 Å². The van der Waals surface area contributed by atoms with Crippen molar-refractivity contribution in [2.75, 3.05) is 18.4 Å². The molecule has 1 aromatic carbocycles. The third-order valence-electron chi connectivity index (χ3n) is 5.09. The van der Waals surface area contributed by atoms with Crippen LogP contribution >= 0.6 is 0 Å². The van der Waals surface area contributed by atoms with Crippen LogP contribution in [0.3, 0.4) is 0 Å². The number of benzene rings is 1. The second kappa shape index (κ2) is 6.78. The summed E-state index contributed by atoms with van der Waals surface area (Å²) < 4.78 is 2.05. The number of nitrogens with one attached hydrogen (secondary N) is 1. The van der Waals surface area contributed by atoms with Gasteiger partial charge in [-0.25, -0.2) is 14.8 Å². The maximum atomic E-state index is 12.6. The number of anilines is 1. The number of carbonyl (C=O) groups excluding carboxylic acids is 1. The largest absolute Gasteiger partial charge is 0.324 e. The molecule has 1 atom stereocenters.